The molecule has 126 valence electrons. The monoisotopic (exact) mass is 341 g/mol. The van der Waals surface area contributed by atoms with Gasteiger partial charge in [0.1, 0.15) is 0 Å². The van der Waals surface area contributed by atoms with Crippen LogP contribution < -0.4 is 5.32 Å². The zero-order valence-corrected chi connectivity index (χ0v) is 13.0. The molecule has 0 spiro atoms. The molecular formula is C16H13F2N7. The van der Waals surface area contributed by atoms with Gasteiger partial charge < -0.3 is 5.32 Å². The molecular weight excluding hydrogens is 328 g/mol. The first-order valence-electron chi connectivity index (χ1n) is 7.87. The number of aromatic nitrogens is 6. The maximum atomic E-state index is 12.9. The van der Waals surface area contributed by atoms with E-state index < -0.39 is 5.92 Å². The summed E-state index contributed by atoms with van der Waals surface area (Å²) in [5.74, 6) is -2.23. The second kappa shape index (κ2) is 4.95. The van der Waals surface area contributed by atoms with Crippen LogP contribution in [0.2, 0.25) is 0 Å². The topological polar surface area (TPSA) is 72.4 Å². The zero-order chi connectivity index (χ0) is 17.0. The molecule has 4 aromatic heterocycles. The smallest absolute Gasteiger partial charge is 0.252 e. The molecule has 1 aliphatic carbocycles. The molecule has 9 heteroatoms. The van der Waals surface area contributed by atoms with Crippen molar-refractivity contribution in [1.82, 2.24) is 29.2 Å². The third-order valence-electron chi connectivity index (χ3n) is 4.37. The molecule has 1 N–H and O–H groups in total. The molecule has 25 heavy (non-hydrogen) atoms. The molecule has 1 saturated carbocycles. The number of hydrogen-bond donors (Lipinski definition) is 1. The number of halogens is 2. The molecule has 0 saturated heterocycles. The molecule has 4 heterocycles. The van der Waals surface area contributed by atoms with Crippen LogP contribution in [-0.4, -0.2) is 41.2 Å². The van der Waals surface area contributed by atoms with Crippen molar-refractivity contribution >= 4 is 17.1 Å². The summed E-state index contributed by atoms with van der Waals surface area (Å²) in [6.07, 6.45) is 6.58. The lowest BCUT2D eigenvalue weighted by Crippen LogP contribution is -2.44. The van der Waals surface area contributed by atoms with E-state index in [1.807, 2.05) is 18.2 Å². The van der Waals surface area contributed by atoms with E-state index in [0.717, 1.165) is 22.4 Å². The summed E-state index contributed by atoms with van der Waals surface area (Å²) in [5.41, 5.74) is 3.22. The Morgan fingerprint density at radius 1 is 1.04 bits per heavy atom. The van der Waals surface area contributed by atoms with E-state index in [-0.39, 0.29) is 18.9 Å². The van der Waals surface area contributed by atoms with Crippen LogP contribution in [-0.2, 0) is 0 Å². The van der Waals surface area contributed by atoms with E-state index in [0.29, 0.717) is 5.95 Å². The molecule has 5 rings (SSSR count). The number of anilines is 1. The van der Waals surface area contributed by atoms with E-state index >= 15 is 0 Å². The lowest BCUT2D eigenvalue weighted by molar-refractivity contribution is -0.0794. The minimum atomic E-state index is -2.57. The molecule has 1 aliphatic rings. The van der Waals surface area contributed by atoms with Crippen molar-refractivity contribution in [2.45, 2.75) is 24.8 Å². The van der Waals surface area contributed by atoms with Crippen LogP contribution >= 0.6 is 0 Å². The van der Waals surface area contributed by atoms with Gasteiger partial charge in [-0.15, -0.1) is 5.10 Å². The zero-order valence-electron chi connectivity index (χ0n) is 13.0. The van der Waals surface area contributed by atoms with Crippen molar-refractivity contribution < 1.29 is 8.78 Å². The Morgan fingerprint density at radius 3 is 2.76 bits per heavy atom. The summed E-state index contributed by atoms with van der Waals surface area (Å²) >= 11 is 0. The van der Waals surface area contributed by atoms with Gasteiger partial charge in [0.2, 0.25) is 5.95 Å². The summed E-state index contributed by atoms with van der Waals surface area (Å²) in [5, 5.41) is 11.8. The summed E-state index contributed by atoms with van der Waals surface area (Å²) < 4.78 is 29.2. The van der Waals surface area contributed by atoms with E-state index in [1.165, 1.54) is 0 Å². The van der Waals surface area contributed by atoms with E-state index in [9.17, 15) is 8.78 Å². The fourth-order valence-electron chi connectivity index (χ4n) is 3.09. The molecule has 0 aromatic carbocycles. The molecule has 4 aromatic rings. The number of rotatable bonds is 3. The Balaban J connectivity index is 1.46. The Hall–Kier alpha value is -3.10. The molecule has 0 bridgehead atoms. The Kier molecular flexibility index (Phi) is 2.82. The van der Waals surface area contributed by atoms with Crippen molar-refractivity contribution in [3.05, 3.63) is 43.0 Å². The van der Waals surface area contributed by atoms with Crippen LogP contribution in [0.25, 0.3) is 22.4 Å². The lowest BCUT2D eigenvalue weighted by Gasteiger charge is -2.35. The van der Waals surface area contributed by atoms with Gasteiger partial charge in [-0.05, 0) is 18.2 Å². The molecule has 0 atom stereocenters. The normalized spacial score (nSPS) is 17.0. The fourth-order valence-corrected chi connectivity index (χ4v) is 3.09. The molecule has 0 unspecified atom stereocenters. The Morgan fingerprint density at radius 2 is 1.92 bits per heavy atom. The second-order valence-electron chi connectivity index (χ2n) is 6.20. The van der Waals surface area contributed by atoms with Crippen LogP contribution in [0.15, 0.2) is 43.0 Å². The second-order valence-corrected chi connectivity index (χ2v) is 6.20. The van der Waals surface area contributed by atoms with Crippen LogP contribution in [0.5, 0.6) is 0 Å². The van der Waals surface area contributed by atoms with Gasteiger partial charge in [0.25, 0.3) is 5.92 Å². The van der Waals surface area contributed by atoms with Gasteiger partial charge in [-0.1, -0.05) is 0 Å². The number of fused-ring (bicyclic) bond motifs is 2. The van der Waals surface area contributed by atoms with E-state index in [4.69, 9.17) is 0 Å². The molecule has 0 aliphatic heterocycles. The van der Waals surface area contributed by atoms with E-state index in [1.54, 1.807) is 33.8 Å². The summed E-state index contributed by atoms with van der Waals surface area (Å²) in [4.78, 5) is 8.43. The van der Waals surface area contributed by atoms with Crippen molar-refractivity contribution in [1.29, 1.82) is 0 Å². The van der Waals surface area contributed by atoms with Gasteiger partial charge in [-0.2, -0.15) is 5.10 Å². The van der Waals surface area contributed by atoms with Crippen LogP contribution in [0.4, 0.5) is 14.7 Å². The first-order valence-corrected chi connectivity index (χ1v) is 7.87. The first kappa shape index (κ1) is 14.3. The standard InChI is InChI=1S/C16H13F2N7/c17-16(18)7-10(8-16)21-15-20-9-13-11(3-5-24(13)23-15)12-1-2-14-19-4-6-25(14)22-12/h1-6,9-10H,7-8H2,(H,21,23). The van der Waals surface area contributed by atoms with Crippen molar-refractivity contribution in [3.63, 3.8) is 0 Å². The van der Waals surface area contributed by atoms with Crippen LogP contribution in [0.3, 0.4) is 0 Å². The third-order valence-corrected chi connectivity index (χ3v) is 4.37. The third kappa shape index (κ3) is 2.39. The highest BCUT2D eigenvalue weighted by Crippen LogP contribution is 2.38. The predicted octanol–water partition coefficient (Wildman–Crippen LogP) is 2.65. The average molecular weight is 341 g/mol. The number of alkyl halides is 2. The van der Waals surface area contributed by atoms with Gasteiger partial charge in [0.15, 0.2) is 5.65 Å². The van der Waals surface area contributed by atoms with Crippen LogP contribution in [0, 0.1) is 0 Å². The van der Waals surface area contributed by atoms with Crippen LogP contribution in [0.1, 0.15) is 12.8 Å². The quantitative estimate of drug-likeness (QED) is 0.620. The minimum Gasteiger partial charge on any atom is -0.350 e. The Labute approximate surface area is 140 Å². The molecule has 0 radical (unpaired) electrons. The lowest BCUT2D eigenvalue weighted by atomic mass is 9.88. The number of imidazole rings is 1. The highest BCUT2D eigenvalue weighted by Gasteiger charge is 2.45. The maximum Gasteiger partial charge on any atom is 0.252 e. The summed E-state index contributed by atoms with van der Waals surface area (Å²) in [6.45, 7) is 0. The van der Waals surface area contributed by atoms with Gasteiger partial charge in [0.05, 0.1) is 17.4 Å². The number of nitrogens with one attached hydrogen (secondary N) is 1. The van der Waals surface area contributed by atoms with Gasteiger partial charge in [-0.25, -0.2) is 27.8 Å². The highest BCUT2D eigenvalue weighted by molar-refractivity contribution is 5.78. The SMILES string of the molecule is FC1(F)CC(Nc2ncc3c(-c4ccc5nccn5n4)ccn3n2)C1. The molecule has 0 amide bonds. The Bertz CT molecular complexity index is 1080. The summed E-state index contributed by atoms with van der Waals surface area (Å²) in [7, 11) is 0. The van der Waals surface area contributed by atoms with E-state index in [2.05, 4.69) is 25.5 Å². The van der Waals surface area contributed by atoms with Crippen molar-refractivity contribution in [2.75, 3.05) is 5.32 Å². The average Bonchev–Trinajstić information content (AvgIpc) is 3.18. The molecule has 7 nitrogen and oxygen atoms in total. The highest BCUT2D eigenvalue weighted by atomic mass is 19.3. The van der Waals surface area contributed by atoms with Gasteiger partial charge in [0, 0.05) is 43.0 Å². The summed E-state index contributed by atoms with van der Waals surface area (Å²) in [6, 6.07) is 5.39. The van der Waals surface area contributed by atoms with Gasteiger partial charge in [-0.3, -0.25) is 0 Å². The molecule has 1 fully saturated rings. The van der Waals surface area contributed by atoms with Gasteiger partial charge >= 0.3 is 0 Å². The fraction of sp³-hybridized carbons (Fsp3) is 0.250. The van der Waals surface area contributed by atoms with Crippen molar-refractivity contribution in [3.8, 4) is 11.3 Å². The largest absolute Gasteiger partial charge is 0.350 e. The maximum absolute atomic E-state index is 12.9. The number of hydrogen-bond acceptors (Lipinski definition) is 5. The number of nitrogens with zero attached hydrogens (tertiary/aromatic N) is 6. The minimum absolute atomic E-state index is 0.180. The predicted molar refractivity (Wildman–Crippen MR) is 86.6 cm³/mol. The first-order chi connectivity index (χ1) is 12.1. The van der Waals surface area contributed by atoms with Crippen molar-refractivity contribution in [2.24, 2.45) is 0 Å².